The number of carbonyl (C=O) groups is 1. The Balaban J connectivity index is 1.49. The molecule has 3 unspecified atom stereocenters. The van der Waals surface area contributed by atoms with E-state index in [4.69, 9.17) is 28.8 Å². The van der Waals surface area contributed by atoms with Gasteiger partial charge in [-0.25, -0.2) is 4.79 Å². The van der Waals surface area contributed by atoms with Crippen LogP contribution in [0.5, 0.6) is 0 Å². The molecule has 2 heterocycles. The maximum atomic E-state index is 10.8. The molecule has 39 heavy (non-hydrogen) atoms. The maximum Gasteiger partial charge on any atom is 0.329 e. The van der Waals surface area contributed by atoms with Gasteiger partial charge in [-0.15, -0.1) is 6.58 Å². The first kappa shape index (κ1) is 30.3. The topological polar surface area (TPSA) is 83.5 Å². The van der Waals surface area contributed by atoms with Gasteiger partial charge < -0.3 is 28.8 Å². The van der Waals surface area contributed by atoms with E-state index in [1.165, 1.54) is 12.0 Å². The van der Waals surface area contributed by atoms with E-state index in [2.05, 4.69) is 25.7 Å². The highest BCUT2D eigenvalue weighted by atomic mass is 16.7. The highest BCUT2D eigenvalue weighted by Crippen LogP contribution is 2.52. The summed E-state index contributed by atoms with van der Waals surface area (Å²) in [6.07, 6.45) is 19.9. The molecule has 0 aromatic heterocycles. The third-order valence-electron chi connectivity index (χ3n) is 8.68. The number of allylic oxidation sites excluding steroid dienone is 3. The summed E-state index contributed by atoms with van der Waals surface area (Å²) in [6.45, 7) is 7.91. The van der Waals surface area contributed by atoms with Crippen molar-refractivity contribution >= 4 is 5.97 Å². The summed E-state index contributed by atoms with van der Waals surface area (Å²) in [7, 11) is 0. The van der Waals surface area contributed by atoms with E-state index in [1.807, 2.05) is 6.08 Å². The molecule has 4 aliphatic rings. The number of fused-ring (bicyclic) bond motifs is 1. The maximum absolute atomic E-state index is 10.8. The highest BCUT2D eigenvalue weighted by molar-refractivity contribution is 5.67. The molecule has 3 fully saturated rings. The summed E-state index contributed by atoms with van der Waals surface area (Å²) in [5.74, 6) is 1.66. The Bertz CT molecular complexity index is 824. The first-order chi connectivity index (χ1) is 19.0. The van der Waals surface area contributed by atoms with Crippen LogP contribution in [0.3, 0.4) is 0 Å². The van der Waals surface area contributed by atoms with E-state index >= 15 is 0 Å². The number of hydrogen-bond donors (Lipinski definition) is 1. The van der Waals surface area contributed by atoms with Crippen molar-refractivity contribution in [3.05, 3.63) is 36.1 Å². The van der Waals surface area contributed by atoms with Gasteiger partial charge in [0.1, 0.15) is 12.4 Å². The second-order valence-electron chi connectivity index (χ2n) is 11.9. The van der Waals surface area contributed by atoms with Crippen LogP contribution in [-0.2, 0) is 28.5 Å². The second-order valence-corrected chi connectivity index (χ2v) is 11.9. The van der Waals surface area contributed by atoms with Crippen molar-refractivity contribution in [1.29, 1.82) is 0 Å². The molecule has 0 spiro atoms. The Morgan fingerprint density at radius 2 is 1.95 bits per heavy atom. The standard InChI is InChI=1S/C32H50O7/c1-3-4-5-10-23(2)13-14-27(38-30-11-6-8-16-36-30)32-26-20-24(15-18-35-22-29(33)34)19-25(26)21-28(32)39-31-12-7-9-17-37-31/h3,14,19,23,25-26,28,30-32H,1,4-13,15-18,20-22H2,2H3,(H,33,34)/t23?,25-,26-,28+,30?,31?,32-/m1/s1. The summed E-state index contributed by atoms with van der Waals surface area (Å²) >= 11 is 0. The number of hydrogen-bond acceptors (Lipinski definition) is 6. The molecule has 7 atom stereocenters. The molecule has 0 amide bonds. The van der Waals surface area contributed by atoms with Gasteiger partial charge >= 0.3 is 5.97 Å². The van der Waals surface area contributed by atoms with Crippen molar-refractivity contribution in [2.75, 3.05) is 26.4 Å². The SMILES string of the molecule is C=CCCCC(C)CC=C(OC1CCCCO1)[C@H]1[C@@H]2CC(CCOCC(=O)O)=C[C@@H]2C[C@@H]1OC1CCCCO1. The summed E-state index contributed by atoms with van der Waals surface area (Å²) in [5.41, 5.74) is 1.36. The molecule has 2 aliphatic heterocycles. The van der Waals surface area contributed by atoms with Gasteiger partial charge in [0.15, 0.2) is 12.6 Å². The van der Waals surface area contributed by atoms with Crippen LogP contribution in [0.15, 0.2) is 36.1 Å². The van der Waals surface area contributed by atoms with Gasteiger partial charge in [-0.05, 0) is 94.5 Å². The predicted molar refractivity (Wildman–Crippen MR) is 150 cm³/mol. The molecule has 1 saturated carbocycles. The van der Waals surface area contributed by atoms with Gasteiger partial charge in [0, 0.05) is 18.9 Å². The number of carboxylic acids is 1. The molecule has 0 bridgehead atoms. The molecule has 0 aromatic rings. The molecule has 2 saturated heterocycles. The largest absolute Gasteiger partial charge is 0.480 e. The minimum absolute atomic E-state index is 0.0510. The molecule has 220 valence electrons. The van der Waals surface area contributed by atoms with Crippen molar-refractivity contribution in [1.82, 2.24) is 0 Å². The van der Waals surface area contributed by atoms with E-state index < -0.39 is 5.97 Å². The van der Waals surface area contributed by atoms with E-state index in [-0.39, 0.29) is 31.2 Å². The number of unbranched alkanes of at least 4 members (excludes halogenated alkanes) is 1. The normalized spacial score (nSPS) is 31.9. The molecular weight excluding hydrogens is 496 g/mol. The van der Waals surface area contributed by atoms with Crippen LogP contribution in [0.2, 0.25) is 0 Å². The van der Waals surface area contributed by atoms with Crippen LogP contribution in [0.4, 0.5) is 0 Å². The molecule has 4 rings (SSSR count). The molecule has 1 N–H and O–H groups in total. The van der Waals surface area contributed by atoms with Crippen molar-refractivity contribution in [3.8, 4) is 0 Å². The lowest BCUT2D eigenvalue weighted by Gasteiger charge is -2.34. The lowest BCUT2D eigenvalue weighted by atomic mass is 9.86. The lowest BCUT2D eigenvalue weighted by Crippen LogP contribution is -2.34. The number of aliphatic carboxylic acids is 1. The van der Waals surface area contributed by atoms with Gasteiger partial charge in [0.05, 0.1) is 19.3 Å². The zero-order valence-electron chi connectivity index (χ0n) is 23.9. The fourth-order valence-electron chi connectivity index (χ4n) is 6.64. The van der Waals surface area contributed by atoms with Gasteiger partial charge in [-0.1, -0.05) is 31.1 Å². The molecule has 0 radical (unpaired) electrons. The van der Waals surface area contributed by atoms with Crippen molar-refractivity contribution in [3.63, 3.8) is 0 Å². The Hall–Kier alpha value is -1.67. The van der Waals surface area contributed by atoms with Crippen molar-refractivity contribution in [2.24, 2.45) is 23.7 Å². The third-order valence-corrected chi connectivity index (χ3v) is 8.68. The predicted octanol–water partition coefficient (Wildman–Crippen LogP) is 6.78. The molecular formula is C32H50O7. The van der Waals surface area contributed by atoms with E-state index in [0.29, 0.717) is 24.4 Å². The smallest absolute Gasteiger partial charge is 0.329 e. The monoisotopic (exact) mass is 546 g/mol. The van der Waals surface area contributed by atoms with Crippen LogP contribution >= 0.6 is 0 Å². The summed E-state index contributed by atoms with van der Waals surface area (Å²) < 4.78 is 30.8. The van der Waals surface area contributed by atoms with Crippen LogP contribution < -0.4 is 0 Å². The Kier molecular flexibility index (Phi) is 12.4. The Morgan fingerprint density at radius 1 is 1.18 bits per heavy atom. The quantitative estimate of drug-likeness (QED) is 0.130. The van der Waals surface area contributed by atoms with Crippen LogP contribution in [0.1, 0.15) is 90.4 Å². The van der Waals surface area contributed by atoms with Crippen molar-refractivity contribution in [2.45, 2.75) is 109 Å². The zero-order chi connectivity index (χ0) is 27.5. The van der Waals surface area contributed by atoms with Gasteiger partial charge in [-0.3, -0.25) is 0 Å². The third kappa shape index (κ3) is 9.44. The Morgan fingerprint density at radius 3 is 2.64 bits per heavy atom. The fraction of sp³-hybridized carbons (Fsp3) is 0.781. The number of ether oxygens (including phenoxy) is 5. The summed E-state index contributed by atoms with van der Waals surface area (Å²) in [5, 5.41) is 8.88. The van der Waals surface area contributed by atoms with Gasteiger partial charge in [-0.2, -0.15) is 0 Å². The van der Waals surface area contributed by atoms with Crippen LogP contribution in [-0.4, -0.2) is 56.2 Å². The van der Waals surface area contributed by atoms with E-state index in [0.717, 1.165) is 96.0 Å². The van der Waals surface area contributed by atoms with Gasteiger partial charge in [0.2, 0.25) is 0 Å². The molecule has 7 nitrogen and oxygen atoms in total. The summed E-state index contributed by atoms with van der Waals surface area (Å²) in [6, 6.07) is 0. The van der Waals surface area contributed by atoms with Crippen LogP contribution in [0, 0.1) is 23.7 Å². The minimum Gasteiger partial charge on any atom is -0.480 e. The minimum atomic E-state index is -0.923. The zero-order valence-corrected chi connectivity index (χ0v) is 23.9. The first-order valence-electron chi connectivity index (χ1n) is 15.4. The lowest BCUT2D eigenvalue weighted by molar-refractivity contribution is -0.201. The van der Waals surface area contributed by atoms with Crippen LogP contribution in [0.25, 0.3) is 0 Å². The molecule has 7 heteroatoms. The average molecular weight is 547 g/mol. The Labute approximate surface area is 234 Å². The number of rotatable bonds is 16. The number of carboxylic acid groups (broad SMARTS) is 1. The van der Waals surface area contributed by atoms with Crippen molar-refractivity contribution < 1.29 is 33.6 Å². The summed E-state index contributed by atoms with van der Waals surface area (Å²) in [4.78, 5) is 10.8. The fourth-order valence-corrected chi connectivity index (χ4v) is 6.64. The first-order valence-corrected chi connectivity index (χ1v) is 15.4. The average Bonchev–Trinajstić information content (AvgIpc) is 3.47. The van der Waals surface area contributed by atoms with E-state index in [9.17, 15) is 4.79 Å². The van der Waals surface area contributed by atoms with E-state index in [1.54, 1.807) is 0 Å². The molecule has 0 aromatic carbocycles. The van der Waals surface area contributed by atoms with Gasteiger partial charge in [0.25, 0.3) is 0 Å². The highest BCUT2D eigenvalue weighted by Gasteiger charge is 2.49. The second kappa shape index (κ2) is 15.9. The molecule has 2 aliphatic carbocycles.